The quantitative estimate of drug-likeness (QED) is 0.833. The van der Waals surface area contributed by atoms with Gasteiger partial charge in [-0.05, 0) is 47.4 Å². The van der Waals surface area contributed by atoms with Crippen LogP contribution in [0.4, 0.5) is 8.78 Å². The summed E-state index contributed by atoms with van der Waals surface area (Å²) in [6.07, 6.45) is 1.31. The van der Waals surface area contributed by atoms with Gasteiger partial charge in [0.05, 0.1) is 5.02 Å². The van der Waals surface area contributed by atoms with Crippen molar-refractivity contribution in [2.45, 2.75) is 18.9 Å². The van der Waals surface area contributed by atoms with E-state index in [1.54, 1.807) is 11.3 Å². The van der Waals surface area contributed by atoms with E-state index in [9.17, 15) is 8.78 Å². The van der Waals surface area contributed by atoms with Crippen LogP contribution in [0, 0.1) is 11.6 Å². The summed E-state index contributed by atoms with van der Waals surface area (Å²) >= 11 is 7.10. The van der Waals surface area contributed by atoms with Crippen molar-refractivity contribution < 1.29 is 8.78 Å². The van der Waals surface area contributed by atoms with E-state index in [2.05, 4.69) is 0 Å². The van der Waals surface area contributed by atoms with E-state index in [0.717, 1.165) is 24.1 Å². The molecule has 1 nitrogen and oxygen atoms in total. The zero-order chi connectivity index (χ0) is 13.1. The van der Waals surface area contributed by atoms with Crippen LogP contribution in [0.5, 0.6) is 0 Å². The SMILES string of the molecule is NC(CCc1ccsc1)c1cc(F)c(Cl)cc1F. The lowest BCUT2D eigenvalue weighted by atomic mass is 10.0. The molecule has 1 aromatic carbocycles. The molecule has 1 aromatic heterocycles. The Morgan fingerprint density at radius 3 is 2.72 bits per heavy atom. The molecule has 2 rings (SSSR count). The van der Waals surface area contributed by atoms with Crippen molar-refractivity contribution in [3.8, 4) is 0 Å². The van der Waals surface area contributed by atoms with Gasteiger partial charge in [-0.3, -0.25) is 0 Å². The molecule has 18 heavy (non-hydrogen) atoms. The molecule has 0 aliphatic heterocycles. The molecule has 0 spiro atoms. The number of thiophene rings is 1. The molecular formula is C13H12ClF2NS. The number of halogens is 3. The van der Waals surface area contributed by atoms with Crippen LogP contribution >= 0.6 is 22.9 Å². The lowest BCUT2D eigenvalue weighted by molar-refractivity contribution is 0.548. The Hall–Kier alpha value is -0.970. The highest BCUT2D eigenvalue weighted by molar-refractivity contribution is 7.07. The van der Waals surface area contributed by atoms with E-state index in [1.807, 2.05) is 16.8 Å². The Balaban J connectivity index is 2.09. The molecule has 0 aliphatic rings. The third-order valence-corrected chi connectivity index (χ3v) is 3.78. The van der Waals surface area contributed by atoms with Crippen molar-refractivity contribution in [2.75, 3.05) is 0 Å². The summed E-state index contributed by atoms with van der Waals surface area (Å²) in [7, 11) is 0. The third kappa shape index (κ3) is 3.07. The standard InChI is InChI=1S/C13H12ClF2NS/c14-10-6-11(15)9(5-12(10)16)13(17)2-1-8-3-4-18-7-8/h3-7,13H,1-2,17H2. The fourth-order valence-corrected chi connectivity index (χ4v) is 2.59. The van der Waals surface area contributed by atoms with Crippen molar-refractivity contribution in [1.29, 1.82) is 0 Å². The highest BCUT2D eigenvalue weighted by atomic mass is 35.5. The second kappa shape index (κ2) is 5.78. The molecule has 0 bridgehead atoms. The fraction of sp³-hybridized carbons (Fsp3) is 0.231. The van der Waals surface area contributed by atoms with Crippen molar-refractivity contribution in [3.63, 3.8) is 0 Å². The maximum Gasteiger partial charge on any atom is 0.142 e. The molecule has 2 aromatic rings. The molecule has 5 heteroatoms. The number of rotatable bonds is 4. The fourth-order valence-electron chi connectivity index (χ4n) is 1.73. The number of nitrogens with two attached hydrogens (primary N) is 1. The van der Waals surface area contributed by atoms with Crippen molar-refractivity contribution in [2.24, 2.45) is 5.73 Å². The Bertz CT molecular complexity index is 528. The Kier molecular flexibility index (Phi) is 4.32. The smallest absolute Gasteiger partial charge is 0.142 e. The Labute approximate surface area is 113 Å². The van der Waals surface area contributed by atoms with Crippen LogP contribution in [-0.4, -0.2) is 0 Å². The first-order valence-electron chi connectivity index (χ1n) is 5.49. The van der Waals surface area contributed by atoms with Crippen molar-refractivity contribution >= 4 is 22.9 Å². The van der Waals surface area contributed by atoms with E-state index in [1.165, 1.54) is 0 Å². The zero-order valence-electron chi connectivity index (χ0n) is 9.50. The van der Waals surface area contributed by atoms with Gasteiger partial charge in [-0.15, -0.1) is 0 Å². The monoisotopic (exact) mass is 287 g/mol. The van der Waals surface area contributed by atoms with Gasteiger partial charge < -0.3 is 5.73 Å². The molecule has 1 heterocycles. The maximum absolute atomic E-state index is 13.6. The lowest BCUT2D eigenvalue weighted by Gasteiger charge is -2.13. The largest absolute Gasteiger partial charge is 0.324 e. The number of benzene rings is 1. The Morgan fingerprint density at radius 1 is 1.28 bits per heavy atom. The average Bonchev–Trinajstić information content (AvgIpc) is 2.84. The number of hydrogen-bond donors (Lipinski definition) is 1. The summed E-state index contributed by atoms with van der Waals surface area (Å²) in [5.41, 5.74) is 7.22. The van der Waals surface area contributed by atoms with Crippen molar-refractivity contribution in [3.05, 3.63) is 56.7 Å². The van der Waals surface area contributed by atoms with Crippen LogP contribution in [0.15, 0.2) is 29.0 Å². The summed E-state index contributed by atoms with van der Waals surface area (Å²) in [5.74, 6) is -1.20. The van der Waals surface area contributed by atoms with Gasteiger partial charge in [0.1, 0.15) is 11.6 Å². The maximum atomic E-state index is 13.6. The van der Waals surface area contributed by atoms with Crippen LogP contribution in [0.1, 0.15) is 23.6 Å². The Morgan fingerprint density at radius 2 is 2.06 bits per heavy atom. The molecule has 0 fully saturated rings. The molecule has 2 N–H and O–H groups in total. The van der Waals surface area contributed by atoms with E-state index in [0.29, 0.717) is 6.42 Å². The average molecular weight is 288 g/mol. The van der Waals surface area contributed by atoms with E-state index < -0.39 is 17.7 Å². The highest BCUT2D eigenvalue weighted by Gasteiger charge is 2.15. The van der Waals surface area contributed by atoms with Gasteiger partial charge in [-0.25, -0.2) is 8.78 Å². The number of hydrogen-bond acceptors (Lipinski definition) is 2. The van der Waals surface area contributed by atoms with Gasteiger partial charge in [0.15, 0.2) is 0 Å². The third-order valence-electron chi connectivity index (χ3n) is 2.76. The summed E-state index contributed by atoms with van der Waals surface area (Å²) < 4.78 is 26.9. The minimum absolute atomic E-state index is 0.173. The molecular weight excluding hydrogens is 276 g/mol. The second-order valence-electron chi connectivity index (χ2n) is 4.06. The molecule has 0 saturated heterocycles. The van der Waals surface area contributed by atoms with E-state index >= 15 is 0 Å². The molecule has 0 radical (unpaired) electrons. The summed E-state index contributed by atoms with van der Waals surface area (Å²) in [5, 5.41) is 3.77. The van der Waals surface area contributed by atoms with Crippen LogP contribution < -0.4 is 5.73 Å². The predicted molar refractivity (Wildman–Crippen MR) is 70.9 cm³/mol. The first-order valence-corrected chi connectivity index (χ1v) is 6.81. The molecule has 0 amide bonds. The molecule has 1 unspecified atom stereocenters. The molecule has 1 atom stereocenters. The summed E-state index contributed by atoms with van der Waals surface area (Å²) in [6, 6.07) is 3.51. The number of aryl methyl sites for hydroxylation is 1. The normalized spacial score (nSPS) is 12.7. The predicted octanol–water partition coefficient (Wildman–Crippen LogP) is 4.31. The van der Waals surface area contributed by atoms with Gasteiger partial charge in [-0.1, -0.05) is 11.6 Å². The van der Waals surface area contributed by atoms with Crippen LogP contribution in [0.2, 0.25) is 5.02 Å². The van der Waals surface area contributed by atoms with E-state index in [-0.39, 0.29) is 10.6 Å². The van der Waals surface area contributed by atoms with Gasteiger partial charge in [0.25, 0.3) is 0 Å². The van der Waals surface area contributed by atoms with E-state index in [4.69, 9.17) is 17.3 Å². The van der Waals surface area contributed by atoms with Crippen LogP contribution in [0.3, 0.4) is 0 Å². The molecule has 96 valence electrons. The topological polar surface area (TPSA) is 26.0 Å². The minimum atomic E-state index is -0.640. The van der Waals surface area contributed by atoms with Gasteiger partial charge in [0.2, 0.25) is 0 Å². The van der Waals surface area contributed by atoms with Crippen molar-refractivity contribution in [1.82, 2.24) is 0 Å². The van der Waals surface area contributed by atoms with Gasteiger partial charge in [-0.2, -0.15) is 11.3 Å². The van der Waals surface area contributed by atoms with Gasteiger partial charge >= 0.3 is 0 Å². The van der Waals surface area contributed by atoms with Gasteiger partial charge in [0, 0.05) is 11.6 Å². The summed E-state index contributed by atoms with van der Waals surface area (Å²) in [6.45, 7) is 0. The second-order valence-corrected chi connectivity index (χ2v) is 5.25. The molecule has 0 saturated carbocycles. The molecule has 0 aliphatic carbocycles. The zero-order valence-corrected chi connectivity index (χ0v) is 11.1. The highest BCUT2D eigenvalue weighted by Crippen LogP contribution is 2.25. The minimum Gasteiger partial charge on any atom is -0.324 e. The first kappa shape index (κ1) is 13.5. The van der Waals surface area contributed by atoms with Crippen LogP contribution in [-0.2, 0) is 6.42 Å². The van der Waals surface area contributed by atoms with Crippen LogP contribution in [0.25, 0.3) is 0 Å². The summed E-state index contributed by atoms with van der Waals surface area (Å²) in [4.78, 5) is 0. The first-order chi connectivity index (χ1) is 8.58. The lowest BCUT2D eigenvalue weighted by Crippen LogP contribution is -2.13.